The number of methoxy groups -OCH3 is 1. The Kier molecular flexibility index (Phi) is 6.22. The van der Waals surface area contributed by atoms with Gasteiger partial charge in [-0.25, -0.2) is 0 Å². The summed E-state index contributed by atoms with van der Waals surface area (Å²) in [5, 5.41) is 20.4. The second-order valence-electron chi connectivity index (χ2n) is 6.85. The zero-order valence-corrected chi connectivity index (χ0v) is 17.9. The number of nitro groups is 1. The van der Waals surface area contributed by atoms with Gasteiger partial charge in [0.15, 0.2) is 5.82 Å². The molecule has 0 saturated carbocycles. The summed E-state index contributed by atoms with van der Waals surface area (Å²) in [5.41, 5.74) is 1.50. The van der Waals surface area contributed by atoms with Gasteiger partial charge in [-0.1, -0.05) is 30.3 Å². The zero-order valence-electron chi connectivity index (χ0n) is 17.1. The first kappa shape index (κ1) is 21.2. The molecule has 162 valence electrons. The molecule has 10 heteroatoms. The Balaban J connectivity index is 1.58. The number of hydrogen-bond acceptors (Lipinski definition) is 8. The Morgan fingerprint density at radius 2 is 1.97 bits per heavy atom. The molecule has 0 saturated heterocycles. The maximum Gasteiger partial charge on any atom is 0.269 e. The fourth-order valence-corrected chi connectivity index (χ4v) is 3.72. The van der Waals surface area contributed by atoms with E-state index in [2.05, 4.69) is 15.4 Å². The van der Waals surface area contributed by atoms with E-state index in [9.17, 15) is 14.9 Å². The number of rotatable bonds is 8. The highest BCUT2D eigenvalue weighted by Gasteiger charge is 2.18. The monoisotopic (exact) mass is 449 g/mol. The van der Waals surface area contributed by atoms with Gasteiger partial charge in [0.25, 0.3) is 11.6 Å². The number of nitrogens with one attached hydrogen (secondary N) is 1. The summed E-state index contributed by atoms with van der Waals surface area (Å²) in [5.74, 6) is 1.16. The van der Waals surface area contributed by atoms with Crippen molar-refractivity contribution in [2.45, 2.75) is 13.0 Å². The molecule has 4 aromatic rings. The number of nitro benzene ring substituents is 1. The average Bonchev–Trinajstić information content (AvgIpc) is 3.48. The van der Waals surface area contributed by atoms with Gasteiger partial charge < -0.3 is 10.1 Å². The number of benzene rings is 2. The molecule has 2 aromatic carbocycles. The molecule has 0 spiro atoms. The molecule has 2 aromatic heterocycles. The van der Waals surface area contributed by atoms with Gasteiger partial charge in [-0.05, 0) is 34.7 Å². The molecule has 0 amide bonds. The van der Waals surface area contributed by atoms with Gasteiger partial charge in [0, 0.05) is 18.7 Å². The third-order valence-electron chi connectivity index (χ3n) is 4.67. The predicted molar refractivity (Wildman–Crippen MR) is 121 cm³/mol. The van der Waals surface area contributed by atoms with Gasteiger partial charge in [-0.15, -0.1) is 16.4 Å². The molecular weight excluding hydrogens is 430 g/mol. The van der Waals surface area contributed by atoms with Crippen molar-refractivity contribution in [1.82, 2.24) is 14.8 Å². The lowest BCUT2D eigenvalue weighted by Gasteiger charge is -2.08. The van der Waals surface area contributed by atoms with Crippen LogP contribution in [-0.4, -0.2) is 32.7 Å². The van der Waals surface area contributed by atoms with E-state index in [4.69, 9.17) is 4.74 Å². The maximum atomic E-state index is 13.0. The topological polar surface area (TPSA) is 112 Å². The Bertz CT molecular complexity index is 1240. The number of non-ortho nitro benzene ring substituents is 1. The molecule has 0 fully saturated rings. The van der Waals surface area contributed by atoms with Crippen molar-refractivity contribution in [2.75, 3.05) is 12.4 Å². The fourth-order valence-electron chi connectivity index (χ4n) is 3.06. The van der Waals surface area contributed by atoms with Gasteiger partial charge in [0.2, 0.25) is 5.95 Å². The van der Waals surface area contributed by atoms with Crippen LogP contribution in [0.4, 0.5) is 11.6 Å². The number of thiophene rings is 1. The van der Waals surface area contributed by atoms with Gasteiger partial charge >= 0.3 is 0 Å². The molecule has 0 unspecified atom stereocenters. The summed E-state index contributed by atoms with van der Waals surface area (Å²) >= 11 is 1.47. The summed E-state index contributed by atoms with van der Waals surface area (Å²) < 4.78 is 6.40. The zero-order chi connectivity index (χ0) is 22.5. The van der Waals surface area contributed by atoms with Crippen molar-refractivity contribution in [3.63, 3.8) is 0 Å². The van der Waals surface area contributed by atoms with Crippen molar-refractivity contribution >= 4 is 28.9 Å². The van der Waals surface area contributed by atoms with Crippen LogP contribution in [0.5, 0.6) is 5.75 Å². The Hall–Kier alpha value is -4.05. The predicted octanol–water partition coefficient (Wildman–Crippen LogP) is 4.42. The molecule has 0 bridgehead atoms. The van der Waals surface area contributed by atoms with Crippen LogP contribution >= 0.6 is 11.3 Å². The van der Waals surface area contributed by atoms with Gasteiger partial charge in [-0.3, -0.25) is 14.9 Å². The average molecular weight is 449 g/mol. The number of aromatic nitrogens is 3. The highest BCUT2D eigenvalue weighted by atomic mass is 32.1. The van der Waals surface area contributed by atoms with Crippen LogP contribution in [0.15, 0.2) is 66.0 Å². The van der Waals surface area contributed by atoms with Crippen LogP contribution in [0.25, 0.3) is 10.7 Å². The van der Waals surface area contributed by atoms with E-state index in [-0.39, 0.29) is 30.5 Å². The first-order chi connectivity index (χ1) is 15.5. The molecule has 2 heterocycles. The van der Waals surface area contributed by atoms with Crippen molar-refractivity contribution < 1.29 is 14.5 Å². The summed E-state index contributed by atoms with van der Waals surface area (Å²) in [4.78, 5) is 28.9. The molecule has 9 nitrogen and oxygen atoms in total. The van der Waals surface area contributed by atoms with E-state index in [0.29, 0.717) is 17.1 Å². The fraction of sp³-hybridized carbons (Fsp3) is 0.136. The van der Waals surface area contributed by atoms with E-state index >= 15 is 0 Å². The Morgan fingerprint density at radius 3 is 2.66 bits per heavy atom. The number of carbonyl (C=O) groups is 1. The summed E-state index contributed by atoms with van der Waals surface area (Å²) in [6, 6.07) is 17.3. The number of nitrogens with zero attached hydrogens (tertiary/aromatic N) is 4. The molecule has 0 aliphatic carbocycles. The van der Waals surface area contributed by atoms with Crippen molar-refractivity contribution in [3.8, 4) is 16.5 Å². The molecule has 1 N–H and O–H groups in total. The molecule has 0 aliphatic rings. The third-order valence-corrected chi connectivity index (χ3v) is 5.54. The summed E-state index contributed by atoms with van der Waals surface area (Å²) in [6.45, 7) is 0.250. The minimum Gasteiger partial charge on any atom is -0.497 e. The smallest absolute Gasteiger partial charge is 0.269 e. The van der Waals surface area contributed by atoms with E-state index < -0.39 is 4.92 Å². The third kappa shape index (κ3) is 4.81. The lowest BCUT2D eigenvalue weighted by molar-refractivity contribution is -0.384. The lowest BCUT2D eigenvalue weighted by atomic mass is 10.1. The molecule has 0 atom stereocenters. The SMILES string of the molecule is COc1ccc(CC(=O)n2nc(-c3cccs3)nc2NCc2cccc([N+](=O)[O-])c2)cc1. The first-order valence-corrected chi connectivity index (χ1v) is 10.6. The minimum atomic E-state index is -0.445. The maximum absolute atomic E-state index is 13.0. The standard InChI is InChI=1S/C22H19N5O4S/c1-31-18-9-7-15(8-10-18)13-20(28)26-22(24-21(25-26)19-6-3-11-32-19)23-14-16-4-2-5-17(12-16)27(29)30/h2-12H,13-14H2,1H3,(H,23,24,25). The van der Waals surface area contributed by atoms with E-state index in [1.165, 1.54) is 28.2 Å². The van der Waals surface area contributed by atoms with Gasteiger partial charge in [0.1, 0.15) is 5.75 Å². The molecule has 32 heavy (non-hydrogen) atoms. The molecular formula is C22H19N5O4S. The lowest BCUT2D eigenvalue weighted by Crippen LogP contribution is -2.18. The summed E-state index contributed by atoms with van der Waals surface area (Å²) in [6.07, 6.45) is 0.128. The minimum absolute atomic E-state index is 0.000577. The van der Waals surface area contributed by atoms with E-state index in [0.717, 1.165) is 10.4 Å². The van der Waals surface area contributed by atoms with E-state index in [1.54, 1.807) is 31.4 Å². The number of ether oxygens (including phenoxy) is 1. The van der Waals surface area contributed by atoms with Crippen LogP contribution < -0.4 is 10.1 Å². The largest absolute Gasteiger partial charge is 0.497 e. The van der Waals surface area contributed by atoms with Crippen LogP contribution in [0, 0.1) is 10.1 Å². The Morgan fingerprint density at radius 1 is 1.16 bits per heavy atom. The van der Waals surface area contributed by atoms with Crippen LogP contribution in [0.1, 0.15) is 15.9 Å². The van der Waals surface area contributed by atoms with E-state index in [1.807, 2.05) is 29.6 Å². The highest BCUT2D eigenvalue weighted by molar-refractivity contribution is 7.13. The summed E-state index contributed by atoms with van der Waals surface area (Å²) in [7, 11) is 1.58. The van der Waals surface area contributed by atoms with Crippen molar-refractivity contribution in [3.05, 3.63) is 87.3 Å². The van der Waals surface area contributed by atoms with Crippen LogP contribution in [0.2, 0.25) is 0 Å². The van der Waals surface area contributed by atoms with Crippen molar-refractivity contribution in [1.29, 1.82) is 0 Å². The molecule has 0 aliphatic heterocycles. The number of carbonyl (C=O) groups excluding carboxylic acids is 1. The quantitative estimate of drug-likeness (QED) is 0.313. The normalized spacial score (nSPS) is 10.7. The second-order valence-corrected chi connectivity index (χ2v) is 7.79. The number of anilines is 1. The first-order valence-electron chi connectivity index (χ1n) is 9.68. The highest BCUT2D eigenvalue weighted by Crippen LogP contribution is 2.24. The van der Waals surface area contributed by atoms with Gasteiger partial charge in [-0.2, -0.15) is 9.67 Å². The van der Waals surface area contributed by atoms with Crippen molar-refractivity contribution in [2.24, 2.45) is 0 Å². The Labute approximate surface area is 187 Å². The second kappa shape index (κ2) is 9.40. The van der Waals surface area contributed by atoms with Crippen LogP contribution in [0.3, 0.4) is 0 Å². The molecule has 0 radical (unpaired) electrons. The molecule has 4 rings (SSSR count). The van der Waals surface area contributed by atoms with Gasteiger partial charge in [0.05, 0.1) is 23.3 Å². The van der Waals surface area contributed by atoms with Crippen LogP contribution in [-0.2, 0) is 13.0 Å². The number of hydrogen-bond donors (Lipinski definition) is 1.